The number of carbonyl (C=O) groups is 1. The molecule has 2 saturated heterocycles. The Labute approximate surface area is 117 Å². The van der Waals surface area contributed by atoms with E-state index in [0.717, 1.165) is 37.2 Å². The number of anilines is 1. The van der Waals surface area contributed by atoms with Gasteiger partial charge >= 0.3 is 0 Å². The number of carbonyl (C=O) groups excluding carboxylic acids is 1. The van der Waals surface area contributed by atoms with Crippen LogP contribution in [0.5, 0.6) is 5.75 Å². The van der Waals surface area contributed by atoms with Gasteiger partial charge in [0.2, 0.25) is 0 Å². The first-order valence-corrected chi connectivity index (χ1v) is 6.92. The lowest BCUT2D eigenvalue weighted by Gasteiger charge is -2.27. The number of hydrogen-bond donors (Lipinski definition) is 0. The Morgan fingerprint density at radius 1 is 1.26 bits per heavy atom. The summed E-state index contributed by atoms with van der Waals surface area (Å²) in [6.07, 6.45) is 3.12. The number of rotatable bonds is 2. The molecule has 2 aliphatic rings. The molecule has 0 radical (unpaired) electrons. The standard InChI is InChI=1S/C14H16N2O2S/c1-18-11-7-5-10(6-8-11)16-13(17)12-4-2-3-9-15(12)14(16)19/h5-8,12H,2-4,9H2,1H3/t12-/m1/s1. The molecule has 0 bridgehead atoms. The highest BCUT2D eigenvalue weighted by Crippen LogP contribution is 2.31. The van der Waals surface area contributed by atoms with Gasteiger partial charge in [0.15, 0.2) is 5.11 Å². The van der Waals surface area contributed by atoms with Crippen LogP contribution in [0.2, 0.25) is 0 Å². The number of hydrogen-bond acceptors (Lipinski definition) is 3. The molecule has 1 amide bonds. The van der Waals surface area contributed by atoms with Crippen molar-refractivity contribution in [2.24, 2.45) is 0 Å². The summed E-state index contributed by atoms with van der Waals surface area (Å²) in [4.78, 5) is 16.2. The van der Waals surface area contributed by atoms with E-state index < -0.39 is 0 Å². The molecular formula is C14H16N2O2S. The number of benzene rings is 1. The third-order valence-electron chi connectivity index (χ3n) is 3.78. The molecule has 0 aliphatic carbocycles. The lowest BCUT2D eigenvalue weighted by Crippen LogP contribution is -2.38. The van der Waals surface area contributed by atoms with Crippen LogP contribution in [0.3, 0.4) is 0 Å². The molecule has 0 unspecified atom stereocenters. The highest BCUT2D eigenvalue weighted by atomic mass is 32.1. The van der Waals surface area contributed by atoms with E-state index in [2.05, 4.69) is 4.90 Å². The number of thiocarbonyl (C=S) groups is 1. The van der Waals surface area contributed by atoms with Crippen LogP contribution in [0.15, 0.2) is 24.3 Å². The van der Waals surface area contributed by atoms with Crippen LogP contribution in [0.25, 0.3) is 0 Å². The first kappa shape index (κ1) is 12.4. The molecule has 0 aromatic heterocycles. The maximum absolute atomic E-state index is 12.5. The fourth-order valence-corrected chi connectivity index (χ4v) is 3.17. The molecule has 100 valence electrons. The van der Waals surface area contributed by atoms with Crippen LogP contribution in [0.1, 0.15) is 19.3 Å². The quantitative estimate of drug-likeness (QED) is 0.775. The van der Waals surface area contributed by atoms with E-state index in [1.165, 1.54) is 0 Å². The molecule has 0 saturated carbocycles. The minimum Gasteiger partial charge on any atom is -0.497 e. The average Bonchev–Trinajstić information content (AvgIpc) is 2.72. The van der Waals surface area contributed by atoms with Gasteiger partial charge in [-0.05, 0) is 55.7 Å². The first-order chi connectivity index (χ1) is 9.22. The fourth-order valence-electron chi connectivity index (χ4n) is 2.76. The van der Waals surface area contributed by atoms with E-state index >= 15 is 0 Å². The highest BCUT2D eigenvalue weighted by molar-refractivity contribution is 7.80. The Balaban J connectivity index is 1.91. The van der Waals surface area contributed by atoms with E-state index in [1.807, 2.05) is 24.3 Å². The van der Waals surface area contributed by atoms with Gasteiger partial charge in [-0.25, -0.2) is 0 Å². The zero-order valence-corrected chi connectivity index (χ0v) is 11.7. The fraction of sp³-hybridized carbons (Fsp3) is 0.429. The molecular weight excluding hydrogens is 260 g/mol. The normalized spacial score (nSPS) is 22.7. The van der Waals surface area contributed by atoms with Gasteiger partial charge in [-0.15, -0.1) is 0 Å². The van der Waals surface area contributed by atoms with E-state index in [4.69, 9.17) is 17.0 Å². The molecule has 19 heavy (non-hydrogen) atoms. The van der Waals surface area contributed by atoms with Crippen LogP contribution >= 0.6 is 12.2 Å². The van der Waals surface area contributed by atoms with Crippen LogP contribution in [0, 0.1) is 0 Å². The molecule has 1 aromatic carbocycles. The maximum atomic E-state index is 12.5. The van der Waals surface area contributed by atoms with Crippen molar-refractivity contribution in [2.45, 2.75) is 25.3 Å². The third kappa shape index (κ3) is 1.98. The largest absolute Gasteiger partial charge is 0.497 e. The second-order valence-corrected chi connectivity index (χ2v) is 5.22. The van der Waals surface area contributed by atoms with E-state index in [1.54, 1.807) is 12.0 Å². The van der Waals surface area contributed by atoms with Gasteiger partial charge in [0.25, 0.3) is 5.91 Å². The molecule has 5 heteroatoms. The van der Waals surface area contributed by atoms with E-state index in [0.29, 0.717) is 5.11 Å². The van der Waals surface area contributed by atoms with Gasteiger partial charge in [0.1, 0.15) is 11.8 Å². The molecule has 4 nitrogen and oxygen atoms in total. The number of piperidine rings is 1. The number of nitrogens with zero attached hydrogens (tertiary/aromatic N) is 2. The van der Waals surface area contributed by atoms with Gasteiger partial charge in [-0.2, -0.15) is 0 Å². The number of methoxy groups -OCH3 is 1. The average molecular weight is 276 g/mol. The summed E-state index contributed by atoms with van der Waals surface area (Å²) in [6, 6.07) is 7.40. The van der Waals surface area contributed by atoms with E-state index in [-0.39, 0.29) is 11.9 Å². The smallest absolute Gasteiger partial charge is 0.256 e. The van der Waals surface area contributed by atoms with Crippen molar-refractivity contribution in [3.63, 3.8) is 0 Å². The molecule has 0 N–H and O–H groups in total. The zero-order chi connectivity index (χ0) is 13.4. The van der Waals surface area contributed by atoms with Gasteiger partial charge in [-0.3, -0.25) is 9.69 Å². The van der Waals surface area contributed by atoms with Crippen molar-refractivity contribution < 1.29 is 9.53 Å². The van der Waals surface area contributed by atoms with Crippen LogP contribution in [0.4, 0.5) is 5.69 Å². The Hall–Kier alpha value is -1.62. The predicted molar refractivity (Wildman–Crippen MR) is 77.4 cm³/mol. The topological polar surface area (TPSA) is 32.8 Å². The van der Waals surface area contributed by atoms with Crippen molar-refractivity contribution in [2.75, 3.05) is 18.6 Å². The van der Waals surface area contributed by atoms with E-state index in [9.17, 15) is 4.79 Å². The second kappa shape index (κ2) is 4.81. The zero-order valence-electron chi connectivity index (χ0n) is 10.8. The third-order valence-corrected chi connectivity index (χ3v) is 4.19. The lowest BCUT2D eigenvalue weighted by molar-refractivity contribution is -0.120. The number of fused-ring (bicyclic) bond motifs is 1. The monoisotopic (exact) mass is 276 g/mol. The SMILES string of the molecule is COc1ccc(N2C(=O)[C@H]3CCCCN3C2=S)cc1. The summed E-state index contributed by atoms with van der Waals surface area (Å²) >= 11 is 5.46. The van der Waals surface area contributed by atoms with Crippen molar-refractivity contribution >= 4 is 28.9 Å². The van der Waals surface area contributed by atoms with Crippen LogP contribution < -0.4 is 9.64 Å². The molecule has 3 rings (SSSR count). The molecule has 0 spiro atoms. The van der Waals surface area contributed by atoms with Gasteiger partial charge in [0.05, 0.1) is 12.8 Å². The Kier molecular flexibility index (Phi) is 3.14. The lowest BCUT2D eigenvalue weighted by atomic mass is 10.0. The van der Waals surface area contributed by atoms with Crippen molar-refractivity contribution in [3.05, 3.63) is 24.3 Å². The van der Waals surface area contributed by atoms with Crippen molar-refractivity contribution in [1.29, 1.82) is 0 Å². The Morgan fingerprint density at radius 3 is 2.63 bits per heavy atom. The van der Waals surface area contributed by atoms with Gasteiger partial charge in [-0.1, -0.05) is 0 Å². The summed E-state index contributed by atoms with van der Waals surface area (Å²) in [5, 5.41) is 0.639. The molecule has 2 heterocycles. The molecule has 1 atom stereocenters. The number of amides is 1. The predicted octanol–water partition coefficient (Wildman–Crippen LogP) is 2.18. The summed E-state index contributed by atoms with van der Waals surface area (Å²) < 4.78 is 5.13. The Morgan fingerprint density at radius 2 is 2.00 bits per heavy atom. The van der Waals surface area contributed by atoms with Crippen molar-refractivity contribution in [3.8, 4) is 5.75 Å². The van der Waals surface area contributed by atoms with Gasteiger partial charge < -0.3 is 9.64 Å². The van der Waals surface area contributed by atoms with Crippen LogP contribution in [-0.4, -0.2) is 35.6 Å². The van der Waals surface area contributed by atoms with Gasteiger partial charge in [0, 0.05) is 6.54 Å². The maximum Gasteiger partial charge on any atom is 0.256 e. The summed E-state index contributed by atoms with van der Waals surface area (Å²) in [6.45, 7) is 0.891. The van der Waals surface area contributed by atoms with Crippen LogP contribution in [-0.2, 0) is 4.79 Å². The highest BCUT2D eigenvalue weighted by Gasteiger charge is 2.43. The summed E-state index contributed by atoms with van der Waals surface area (Å²) in [5.41, 5.74) is 0.824. The Bertz CT molecular complexity index is 491. The summed E-state index contributed by atoms with van der Waals surface area (Å²) in [7, 11) is 1.63. The van der Waals surface area contributed by atoms with Crippen molar-refractivity contribution in [1.82, 2.24) is 4.90 Å². The minimum atomic E-state index is -0.0525. The number of ether oxygens (including phenoxy) is 1. The molecule has 2 aliphatic heterocycles. The molecule has 2 fully saturated rings. The first-order valence-electron chi connectivity index (χ1n) is 6.51. The second-order valence-electron chi connectivity index (χ2n) is 4.86. The summed E-state index contributed by atoms with van der Waals surface area (Å²) in [5.74, 6) is 0.883. The molecule has 1 aromatic rings. The minimum absolute atomic E-state index is 0.0525.